The lowest BCUT2D eigenvalue weighted by atomic mass is 10.0. The van der Waals surface area contributed by atoms with Crippen molar-refractivity contribution >= 4 is 22.5 Å². The van der Waals surface area contributed by atoms with E-state index in [-0.39, 0.29) is 6.79 Å². The summed E-state index contributed by atoms with van der Waals surface area (Å²) in [5.74, 6) is 1.55. The van der Waals surface area contributed by atoms with Gasteiger partial charge in [-0.25, -0.2) is 4.98 Å². The molecule has 3 heterocycles. The number of fused-ring (bicyclic) bond motifs is 2. The maximum atomic E-state index is 6.12. The number of ether oxygens (including phenoxy) is 2. The molecule has 1 aromatic heterocycles. The van der Waals surface area contributed by atoms with E-state index in [0.717, 1.165) is 64.9 Å². The van der Waals surface area contributed by atoms with E-state index in [9.17, 15) is 0 Å². The molecule has 5 rings (SSSR count). The summed E-state index contributed by atoms with van der Waals surface area (Å²) in [6, 6.07) is 14.7. The highest BCUT2D eigenvalue weighted by Crippen LogP contribution is 2.37. The molecule has 2 aliphatic rings. The van der Waals surface area contributed by atoms with Crippen molar-refractivity contribution in [2.45, 2.75) is 19.5 Å². The molecular weight excluding hydrogens is 386 g/mol. The van der Waals surface area contributed by atoms with E-state index >= 15 is 0 Å². The molecule has 0 spiro atoms. The van der Waals surface area contributed by atoms with Crippen molar-refractivity contribution in [2.75, 3.05) is 33.5 Å². The van der Waals surface area contributed by atoms with Gasteiger partial charge in [-0.15, -0.1) is 0 Å². The third-order valence-corrected chi connectivity index (χ3v) is 6.20. The van der Waals surface area contributed by atoms with Gasteiger partial charge in [-0.1, -0.05) is 23.7 Å². The van der Waals surface area contributed by atoms with E-state index in [1.807, 2.05) is 36.4 Å². The molecule has 0 N–H and O–H groups in total. The third-order valence-electron chi connectivity index (χ3n) is 5.94. The first-order chi connectivity index (χ1) is 14.1. The van der Waals surface area contributed by atoms with E-state index in [4.69, 9.17) is 26.1 Å². The summed E-state index contributed by atoms with van der Waals surface area (Å²) >= 11 is 6.12. The van der Waals surface area contributed by atoms with Crippen molar-refractivity contribution in [1.29, 1.82) is 0 Å². The SMILES string of the molecule is C[C@H]1CN(Cc2cc3cc4c(cc3nc2-c2ccc(Cl)cc2)OCO4)CCN1C. The number of benzene rings is 2. The molecule has 29 heavy (non-hydrogen) atoms. The third kappa shape index (κ3) is 3.66. The Bertz CT molecular complexity index is 1050. The summed E-state index contributed by atoms with van der Waals surface area (Å²) in [5, 5.41) is 1.80. The van der Waals surface area contributed by atoms with Crippen LogP contribution in [0.15, 0.2) is 42.5 Å². The number of piperazine rings is 1. The van der Waals surface area contributed by atoms with Crippen molar-refractivity contribution in [1.82, 2.24) is 14.8 Å². The Morgan fingerprint density at radius 1 is 1.07 bits per heavy atom. The second kappa shape index (κ2) is 7.48. The molecule has 0 amide bonds. The summed E-state index contributed by atoms with van der Waals surface area (Å²) in [6.07, 6.45) is 0. The molecule has 3 aromatic rings. The van der Waals surface area contributed by atoms with Crippen LogP contribution >= 0.6 is 11.6 Å². The Kier molecular flexibility index (Phi) is 4.82. The van der Waals surface area contributed by atoms with E-state index in [2.05, 4.69) is 29.8 Å². The summed E-state index contributed by atoms with van der Waals surface area (Å²) < 4.78 is 11.1. The van der Waals surface area contributed by atoms with Crippen molar-refractivity contribution in [2.24, 2.45) is 0 Å². The Morgan fingerprint density at radius 3 is 2.59 bits per heavy atom. The standard InChI is InChI=1S/C23H24ClN3O2/c1-15-12-27(8-7-26(15)2)13-18-9-17-10-21-22(29-14-28-21)11-20(17)25-23(18)16-3-5-19(24)6-4-16/h3-6,9-11,15H,7-8,12-14H2,1-2H3/t15-/m0/s1. The number of rotatable bonds is 3. The second-order valence-corrected chi connectivity index (χ2v) is 8.40. The van der Waals surface area contributed by atoms with E-state index in [0.29, 0.717) is 6.04 Å². The largest absolute Gasteiger partial charge is 0.454 e. The fourth-order valence-corrected chi connectivity index (χ4v) is 4.22. The van der Waals surface area contributed by atoms with Crippen molar-refractivity contribution < 1.29 is 9.47 Å². The number of hydrogen-bond donors (Lipinski definition) is 0. The quantitative estimate of drug-likeness (QED) is 0.640. The van der Waals surface area contributed by atoms with Gasteiger partial charge in [0.2, 0.25) is 6.79 Å². The van der Waals surface area contributed by atoms with Crippen LogP contribution in [0.4, 0.5) is 0 Å². The number of halogens is 1. The zero-order chi connectivity index (χ0) is 20.0. The van der Waals surface area contributed by atoms with Gasteiger partial charge < -0.3 is 14.4 Å². The molecule has 0 radical (unpaired) electrons. The number of hydrogen-bond acceptors (Lipinski definition) is 5. The van der Waals surface area contributed by atoms with Crippen LogP contribution in [0.2, 0.25) is 5.02 Å². The number of nitrogens with zero attached hydrogens (tertiary/aromatic N) is 3. The van der Waals surface area contributed by atoms with Crippen LogP contribution in [0.3, 0.4) is 0 Å². The first kappa shape index (κ1) is 18.7. The maximum Gasteiger partial charge on any atom is 0.231 e. The van der Waals surface area contributed by atoms with Crippen molar-refractivity contribution in [3.8, 4) is 22.8 Å². The highest BCUT2D eigenvalue weighted by atomic mass is 35.5. The number of likely N-dealkylation sites (N-methyl/N-ethyl adjacent to an activating group) is 1. The minimum Gasteiger partial charge on any atom is -0.454 e. The molecule has 150 valence electrons. The Balaban J connectivity index is 1.58. The molecule has 0 aliphatic carbocycles. The lowest BCUT2D eigenvalue weighted by molar-refractivity contribution is 0.100. The maximum absolute atomic E-state index is 6.12. The molecule has 6 heteroatoms. The number of pyridine rings is 1. The Hall–Kier alpha value is -2.34. The number of aromatic nitrogens is 1. The fraction of sp³-hybridized carbons (Fsp3) is 0.348. The van der Waals surface area contributed by atoms with Gasteiger partial charge in [-0.3, -0.25) is 4.90 Å². The molecule has 2 aromatic carbocycles. The van der Waals surface area contributed by atoms with Gasteiger partial charge in [-0.2, -0.15) is 0 Å². The first-order valence-corrected chi connectivity index (χ1v) is 10.4. The summed E-state index contributed by atoms with van der Waals surface area (Å²) in [4.78, 5) is 9.96. The van der Waals surface area contributed by atoms with Crippen LogP contribution in [0, 0.1) is 0 Å². The highest BCUT2D eigenvalue weighted by Gasteiger charge is 2.23. The zero-order valence-corrected chi connectivity index (χ0v) is 17.4. The highest BCUT2D eigenvalue weighted by molar-refractivity contribution is 6.30. The van der Waals surface area contributed by atoms with Gasteiger partial charge in [0.25, 0.3) is 0 Å². The normalized spacial score (nSPS) is 19.8. The molecule has 2 aliphatic heterocycles. The van der Waals surface area contributed by atoms with Gasteiger partial charge in [-0.05, 0) is 43.8 Å². The van der Waals surface area contributed by atoms with Crippen LogP contribution in [0.5, 0.6) is 11.5 Å². The lowest BCUT2D eigenvalue weighted by Crippen LogP contribution is -2.49. The molecule has 0 unspecified atom stereocenters. The van der Waals surface area contributed by atoms with Crippen LogP contribution in [0.1, 0.15) is 12.5 Å². The van der Waals surface area contributed by atoms with Crippen LogP contribution in [-0.2, 0) is 6.54 Å². The van der Waals surface area contributed by atoms with Crippen LogP contribution in [0.25, 0.3) is 22.2 Å². The first-order valence-electron chi connectivity index (χ1n) is 9.98. The van der Waals surface area contributed by atoms with E-state index in [1.54, 1.807) is 0 Å². The van der Waals surface area contributed by atoms with Gasteiger partial charge in [0.1, 0.15) is 0 Å². The smallest absolute Gasteiger partial charge is 0.231 e. The van der Waals surface area contributed by atoms with Gasteiger partial charge in [0, 0.05) is 54.3 Å². The van der Waals surface area contributed by atoms with Crippen LogP contribution in [-0.4, -0.2) is 54.3 Å². The van der Waals surface area contributed by atoms with Crippen LogP contribution < -0.4 is 9.47 Å². The minimum absolute atomic E-state index is 0.266. The summed E-state index contributed by atoms with van der Waals surface area (Å²) in [6.45, 7) is 6.60. The monoisotopic (exact) mass is 409 g/mol. The molecule has 5 nitrogen and oxygen atoms in total. The van der Waals surface area contributed by atoms with Gasteiger partial charge in [0.05, 0.1) is 11.2 Å². The van der Waals surface area contributed by atoms with E-state index < -0.39 is 0 Å². The molecular formula is C23H24ClN3O2. The molecule has 0 saturated carbocycles. The summed E-state index contributed by atoms with van der Waals surface area (Å²) in [7, 11) is 2.20. The molecule has 0 bridgehead atoms. The van der Waals surface area contributed by atoms with Crippen molar-refractivity contribution in [3.05, 3.63) is 53.1 Å². The molecule has 1 atom stereocenters. The zero-order valence-electron chi connectivity index (χ0n) is 16.7. The van der Waals surface area contributed by atoms with Gasteiger partial charge in [0.15, 0.2) is 11.5 Å². The lowest BCUT2D eigenvalue weighted by Gasteiger charge is -2.37. The average Bonchev–Trinajstić information content (AvgIpc) is 3.16. The predicted octanol–water partition coefficient (Wildman–Crippen LogP) is 4.42. The van der Waals surface area contributed by atoms with Crippen molar-refractivity contribution in [3.63, 3.8) is 0 Å². The summed E-state index contributed by atoms with van der Waals surface area (Å²) in [5.41, 5.74) is 4.20. The molecule has 1 fully saturated rings. The average molecular weight is 410 g/mol. The predicted molar refractivity (Wildman–Crippen MR) is 116 cm³/mol. The minimum atomic E-state index is 0.266. The Morgan fingerprint density at radius 2 is 1.83 bits per heavy atom. The Labute approximate surface area is 175 Å². The second-order valence-electron chi connectivity index (χ2n) is 7.97. The van der Waals surface area contributed by atoms with Gasteiger partial charge >= 0.3 is 0 Å². The topological polar surface area (TPSA) is 37.8 Å². The van der Waals surface area contributed by atoms with E-state index in [1.165, 1.54) is 5.56 Å². The molecule has 1 saturated heterocycles. The fourth-order valence-electron chi connectivity index (χ4n) is 4.09.